The lowest BCUT2D eigenvalue weighted by molar-refractivity contribution is -0.127. The fourth-order valence-corrected chi connectivity index (χ4v) is 2.98. The standard InChI is InChI=1S/C14H11NS.C4H7NO2/c1-10-5-4-6-11(9-10)14-15-12-7-2-3-8-13(12)16-14;1-3(6)5-4(2)7/h2-9H,1H3;1-2H3,(H,5,6,7). The van der Waals surface area contributed by atoms with Gasteiger partial charge in [-0.25, -0.2) is 4.98 Å². The van der Waals surface area contributed by atoms with Crippen LogP contribution < -0.4 is 5.32 Å². The van der Waals surface area contributed by atoms with Crippen molar-refractivity contribution >= 4 is 33.4 Å². The number of carbonyl (C=O) groups excluding carboxylic acids is 2. The molecule has 0 aliphatic heterocycles. The maximum atomic E-state index is 9.92. The van der Waals surface area contributed by atoms with E-state index in [2.05, 4.69) is 54.4 Å². The molecule has 3 rings (SSSR count). The Labute approximate surface area is 139 Å². The van der Waals surface area contributed by atoms with Crippen molar-refractivity contribution in [3.63, 3.8) is 0 Å². The predicted octanol–water partition coefficient (Wildman–Crippen LogP) is 3.94. The van der Waals surface area contributed by atoms with E-state index in [0.717, 1.165) is 10.5 Å². The zero-order valence-corrected chi connectivity index (χ0v) is 14.1. The van der Waals surface area contributed by atoms with E-state index < -0.39 is 0 Å². The molecule has 0 aliphatic rings. The van der Waals surface area contributed by atoms with Crippen molar-refractivity contribution in [3.8, 4) is 10.6 Å². The summed E-state index contributed by atoms with van der Waals surface area (Å²) in [4.78, 5) is 24.5. The van der Waals surface area contributed by atoms with Gasteiger partial charge in [-0.05, 0) is 25.1 Å². The van der Waals surface area contributed by atoms with Gasteiger partial charge in [0.15, 0.2) is 0 Å². The Morgan fingerprint density at radius 2 is 1.70 bits per heavy atom. The van der Waals surface area contributed by atoms with Gasteiger partial charge >= 0.3 is 0 Å². The van der Waals surface area contributed by atoms with Crippen LogP contribution >= 0.6 is 11.3 Å². The number of hydrogen-bond donors (Lipinski definition) is 1. The molecule has 0 fully saturated rings. The first kappa shape index (κ1) is 16.8. The molecule has 23 heavy (non-hydrogen) atoms. The molecule has 0 atom stereocenters. The third kappa shape index (κ3) is 5.00. The van der Waals surface area contributed by atoms with Crippen LogP contribution in [0.3, 0.4) is 0 Å². The van der Waals surface area contributed by atoms with Crippen LogP contribution in [0.25, 0.3) is 20.8 Å². The molecule has 2 aromatic carbocycles. The predicted molar refractivity (Wildman–Crippen MR) is 94.3 cm³/mol. The summed E-state index contributed by atoms with van der Waals surface area (Å²) in [6.07, 6.45) is 0. The number of imide groups is 1. The number of benzene rings is 2. The Hall–Kier alpha value is -2.53. The summed E-state index contributed by atoms with van der Waals surface area (Å²) >= 11 is 1.75. The first-order valence-corrected chi connectivity index (χ1v) is 7.98. The summed E-state index contributed by atoms with van der Waals surface area (Å²) in [7, 11) is 0. The van der Waals surface area contributed by atoms with Gasteiger partial charge in [0, 0.05) is 19.4 Å². The first-order chi connectivity index (χ1) is 11.0. The van der Waals surface area contributed by atoms with Gasteiger partial charge in [-0.15, -0.1) is 11.3 Å². The molecule has 0 unspecified atom stereocenters. The molecule has 3 aromatic rings. The first-order valence-electron chi connectivity index (χ1n) is 7.16. The monoisotopic (exact) mass is 326 g/mol. The van der Waals surface area contributed by atoms with Gasteiger partial charge in [-0.1, -0.05) is 35.9 Å². The Balaban J connectivity index is 0.000000236. The van der Waals surface area contributed by atoms with Gasteiger partial charge in [0.2, 0.25) is 11.8 Å². The van der Waals surface area contributed by atoms with Gasteiger partial charge in [-0.3, -0.25) is 14.9 Å². The Morgan fingerprint density at radius 1 is 1.00 bits per heavy atom. The highest BCUT2D eigenvalue weighted by atomic mass is 32.1. The van der Waals surface area contributed by atoms with E-state index in [1.807, 2.05) is 11.4 Å². The number of carbonyl (C=O) groups is 2. The molecule has 118 valence electrons. The number of nitrogens with one attached hydrogen (secondary N) is 1. The van der Waals surface area contributed by atoms with Gasteiger partial charge < -0.3 is 0 Å². The molecule has 0 aliphatic carbocycles. The topological polar surface area (TPSA) is 59.1 Å². The number of para-hydroxylation sites is 1. The van der Waals surface area contributed by atoms with E-state index in [1.165, 1.54) is 29.7 Å². The zero-order valence-electron chi connectivity index (χ0n) is 13.3. The highest BCUT2D eigenvalue weighted by molar-refractivity contribution is 7.21. The van der Waals surface area contributed by atoms with Crippen molar-refractivity contribution < 1.29 is 9.59 Å². The highest BCUT2D eigenvalue weighted by Gasteiger charge is 2.05. The zero-order chi connectivity index (χ0) is 16.8. The third-order valence-corrected chi connectivity index (χ3v) is 4.00. The second-order valence-corrected chi connectivity index (χ2v) is 6.12. The van der Waals surface area contributed by atoms with Crippen LogP contribution in [0, 0.1) is 6.92 Å². The van der Waals surface area contributed by atoms with E-state index in [9.17, 15) is 9.59 Å². The molecular weight excluding hydrogens is 308 g/mol. The second kappa shape index (κ2) is 7.65. The number of hydrogen-bond acceptors (Lipinski definition) is 4. The van der Waals surface area contributed by atoms with Crippen molar-refractivity contribution in [2.24, 2.45) is 0 Å². The number of aromatic nitrogens is 1. The van der Waals surface area contributed by atoms with Crippen molar-refractivity contribution in [1.82, 2.24) is 10.3 Å². The largest absolute Gasteiger partial charge is 0.297 e. The SMILES string of the molecule is CC(=O)NC(C)=O.Cc1cccc(-c2nc3ccccc3s2)c1. The quantitative estimate of drug-likeness (QED) is 0.737. The summed E-state index contributed by atoms with van der Waals surface area (Å²) in [5.41, 5.74) is 3.57. The summed E-state index contributed by atoms with van der Waals surface area (Å²) in [6.45, 7) is 4.69. The van der Waals surface area contributed by atoms with Crippen LogP contribution in [0.5, 0.6) is 0 Å². The lowest BCUT2D eigenvalue weighted by atomic mass is 10.1. The van der Waals surface area contributed by atoms with Crippen molar-refractivity contribution in [1.29, 1.82) is 0 Å². The number of nitrogens with zero attached hydrogens (tertiary/aromatic N) is 1. The van der Waals surface area contributed by atoms with E-state index in [-0.39, 0.29) is 11.8 Å². The van der Waals surface area contributed by atoms with Crippen molar-refractivity contribution in [3.05, 3.63) is 54.1 Å². The van der Waals surface area contributed by atoms with Crippen LogP contribution in [0.15, 0.2) is 48.5 Å². The molecular formula is C18H18N2O2S. The molecule has 2 amide bonds. The van der Waals surface area contributed by atoms with Crippen LogP contribution in [-0.4, -0.2) is 16.8 Å². The van der Waals surface area contributed by atoms with Crippen molar-refractivity contribution in [2.75, 3.05) is 0 Å². The van der Waals surface area contributed by atoms with Gasteiger partial charge in [0.1, 0.15) is 5.01 Å². The van der Waals surface area contributed by atoms with Crippen LogP contribution in [-0.2, 0) is 9.59 Å². The van der Waals surface area contributed by atoms with E-state index in [0.29, 0.717) is 0 Å². The number of aryl methyl sites for hydroxylation is 1. The smallest absolute Gasteiger partial charge is 0.223 e. The summed E-state index contributed by atoms with van der Waals surface area (Å²) < 4.78 is 1.25. The van der Waals surface area contributed by atoms with Crippen LogP contribution in [0.4, 0.5) is 0 Å². The Morgan fingerprint density at radius 3 is 2.26 bits per heavy atom. The minimum absolute atomic E-state index is 0.312. The number of fused-ring (bicyclic) bond motifs is 1. The van der Waals surface area contributed by atoms with Gasteiger partial charge in [0.25, 0.3) is 0 Å². The lowest BCUT2D eigenvalue weighted by Gasteiger charge is -1.96. The average Bonchev–Trinajstić information content (AvgIpc) is 2.90. The minimum Gasteiger partial charge on any atom is -0.297 e. The molecule has 4 nitrogen and oxygen atoms in total. The number of rotatable bonds is 1. The third-order valence-electron chi connectivity index (χ3n) is 2.91. The molecule has 0 saturated carbocycles. The molecule has 1 heterocycles. The van der Waals surface area contributed by atoms with Gasteiger partial charge in [-0.2, -0.15) is 0 Å². The maximum Gasteiger partial charge on any atom is 0.223 e. The van der Waals surface area contributed by atoms with E-state index in [4.69, 9.17) is 0 Å². The van der Waals surface area contributed by atoms with Crippen LogP contribution in [0.1, 0.15) is 19.4 Å². The molecule has 5 heteroatoms. The van der Waals surface area contributed by atoms with Gasteiger partial charge in [0.05, 0.1) is 10.2 Å². The second-order valence-electron chi connectivity index (χ2n) is 5.09. The molecule has 0 spiro atoms. The molecule has 0 radical (unpaired) electrons. The number of thiazole rings is 1. The average molecular weight is 326 g/mol. The summed E-state index contributed by atoms with van der Waals surface area (Å²) in [6, 6.07) is 16.7. The van der Waals surface area contributed by atoms with Crippen molar-refractivity contribution in [2.45, 2.75) is 20.8 Å². The maximum absolute atomic E-state index is 9.92. The summed E-state index contributed by atoms with van der Waals surface area (Å²) in [5, 5.41) is 3.13. The molecule has 0 saturated heterocycles. The fourth-order valence-electron chi connectivity index (χ4n) is 2.02. The van der Waals surface area contributed by atoms with Crippen LogP contribution in [0.2, 0.25) is 0 Å². The van der Waals surface area contributed by atoms with E-state index >= 15 is 0 Å². The number of amides is 2. The Bertz CT molecular complexity index is 795. The lowest BCUT2D eigenvalue weighted by Crippen LogP contribution is -2.24. The molecule has 1 N–H and O–H groups in total. The fraction of sp³-hybridized carbons (Fsp3) is 0.167. The minimum atomic E-state index is -0.312. The molecule has 1 aromatic heterocycles. The summed E-state index contributed by atoms with van der Waals surface area (Å²) in [5.74, 6) is -0.625. The normalized spacial score (nSPS) is 9.87. The highest BCUT2D eigenvalue weighted by Crippen LogP contribution is 2.30. The molecule has 0 bridgehead atoms. The van der Waals surface area contributed by atoms with E-state index in [1.54, 1.807) is 11.3 Å². The Kier molecular flexibility index (Phi) is 5.60.